The van der Waals surface area contributed by atoms with Crippen molar-refractivity contribution in [2.75, 3.05) is 20.2 Å². The Bertz CT molecular complexity index is 977. The van der Waals surface area contributed by atoms with Crippen LogP contribution in [0.25, 0.3) is 11.0 Å². The number of hydrogen-bond donors (Lipinski definition) is 3. The molecule has 0 saturated carbocycles. The van der Waals surface area contributed by atoms with E-state index in [9.17, 15) is 9.90 Å². The molecule has 0 radical (unpaired) electrons. The molecule has 1 saturated heterocycles. The second kappa shape index (κ2) is 7.80. The van der Waals surface area contributed by atoms with Gasteiger partial charge in [0.25, 0.3) is 0 Å². The van der Waals surface area contributed by atoms with E-state index in [0.29, 0.717) is 18.2 Å². The largest absolute Gasteiger partial charge is 0.504 e. The summed E-state index contributed by atoms with van der Waals surface area (Å²) in [7, 11) is 1.51. The van der Waals surface area contributed by atoms with Crippen LogP contribution in [0.15, 0.2) is 42.7 Å². The minimum atomic E-state index is -0.0747. The highest BCUT2D eigenvalue weighted by atomic mass is 16.5. The van der Waals surface area contributed by atoms with Gasteiger partial charge in [0.05, 0.1) is 7.11 Å². The zero-order chi connectivity index (χ0) is 19.5. The van der Waals surface area contributed by atoms with E-state index in [4.69, 9.17) is 4.74 Å². The number of carbonyl (C=O) groups is 1. The van der Waals surface area contributed by atoms with Gasteiger partial charge >= 0.3 is 6.03 Å². The first-order valence-corrected chi connectivity index (χ1v) is 9.46. The lowest BCUT2D eigenvalue weighted by molar-refractivity contribution is 0.181. The van der Waals surface area contributed by atoms with Crippen LogP contribution in [0, 0.1) is 0 Å². The summed E-state index contributed by atoms with van der Waals surface area (Å²) in [6, 6.07) is 9.11. The number of methoxy groups -OCH3 is 1. The molecular weight excluding hydrogens is 356 g/mol. The third-order valence-corrected chi connectivity index (χ3v) is 5.39. The summed E-state index contributed by atoms with van der Waals surface area (Å²) < 4.78 is 5.04. The van der Waals surface area contributed by atoms with E-state index in [1.807, 2.05) is 23.2 Å². The Labute approximate surface area is 163 Å². The molecule has 0 spiro atoms. The molecule has 3 aromatic rings. The Hall–Kier alpha value is -3.22. The number of phenols is 1. The number of likely N-dealkylation sites (tertiary alicyclic amines) is 1. The summed E-state index contributed by atoms with van der Waals surface area (Å²) in [6.45, 7) is 1.80. The van der Waals surface area contributed by atoms with Crippen molar-refractivity contribution in [3.05, 3.63) is 53.9 Å². The van der Waals surface area contributed by atoms with Gasteiger partial charge in [-0.05, 0) is 54.2 Å². The molecule has 28 heavy (non-hydrogen) atoms. The van der Waals surface area contributed by atoms with Gasteiger partial charge in [0.2, 0.25) is 0 Å². The highest BCUT2D eigenvalue weighted by molar-refractivity contribution is 5.80. The minimum Gasteiger partial charge on any atom is -0.504 e. The Balaban J connectivity index is 1.32. The molecule has 1 aliphatic heterocycles. The summed E-state index contributed by atoms with van der Waals surface area (Å²) >= 11 is 0. The zero-order valence-corrected chi connectivity index (χ0v) is 15.8. The molecule has 2 aromatic heterocycles. The number of carbonyl (C=O) groups excluding carboxylic acids is 1. The highest BCUT2D eigenvalue weighted by Crippen LogP contribution is 2.32. The Morgan fingerprint density at radius 1 is 1.36 bits per heavy atom. The lowest BCUT2D eigenvalue weighted by Crippen LogP contribution is -2.43. The Kier molecular flexibility index (Phi) is 5.06. The number of nitrogens with zero attached hydrogens (tertiary/aromatic N) is 2. The fourth-order valence-corrected chi connectivity index (χ4v) is 3.84. The zero-order valence-electron chi connectivity index (χ0n) is 15.8. The van der Waals surface area contributed by atoms with Crippen LogP contribution in [-0.2, 0) is 6.54 Å². The number of ether oxygens (including phenoxy) is 1. The van der Waals surface area contributed by atoms with Crippen LogP contribution in [0.3, 0.4) is 0 Å². The predicted octanol–water partition coefficient (Wildman–Crippen LogP) is 3.37. The number of aromatic amines is 1. The topological polar surface area (TPSA) is 90.5 Å². The Morgan fingerprint density at radius 3 is 2.93 bits per heavy atom. The average molecular weight is 380 g/mol. The number of piperidine rings is 1. The average Bonchev–Trinajstić information content (AvgIpc) is 3.16. The number of aromatic hydroxyl groups is 1. The molecule has 7 heteroatoms. The molecule has 1 aromatic carbocycles. The van der Waals surface area contributed by atoms with Crippen molar-refractivity contribution in [3.63, 3.8) is 0 Å². The molecule has 2 amide bonds. The number of amides is 2. The van der Waals surface area contributed by atoms with Crippen molar-refractivity contribution in [1.29, 1.82) is 0 Å². The van der Waals surface area contributed by atoms with Crippen LogP contribution in [0.1, 0.15) is 29.9 Å². The van der Waals surface area contributed by atoms with Crippen LogP contribution in [-0.4, -0.2) is 46.2 Å². The van der Waals surface area contributed by atoms with Crippen molar-refractivity contribution in [2.24, 2.45) is 0 Å². The maximum absolute atomic E-state index is 12.5. The van der Waals surface area contributed by atoms with Crippen LogP contribution < -0.4 is 10.1 Å². The second-order valence-electron chi connectivity index (χ2n) is 7.07. The quantitative estimate of drug-likeness (QED) is 0.647. The maximum atomic E-state index is 12.5. The van der Waals surface area contributed by atoms with Crippen LogP contribution >= 0.6 is 0 Å². The van der Waals surface area contributed by atoms with E-state index in [2.05, 4.69) is 21.4 Å². The van der Waals surface area contributed by atoms with Crippen molar-refractivity contribution in [3.8, 4) is 11.5 Å². The Morgan fingerprint density at radius 2 is 2.18 bits per heavy atom. The number of aromatic nitrogens is 2. The molecule has 3 N–H and O–H groups in total. The lowest BCUT2D eigenvalue weighted by atomic mass is 9.89. The van der Waals surface area contributed by atoms with Crippen molar-refractivity contribution in [1.82, 2.24) is 20.2 Å². The molecule has 146 valence electrons. The summed E-state index contributed by atoms with van der Waals surface area (Å²) in [5, 5.41) is 13.9. The number of benzene rings is 1. The molecule has 0 unspecified atom stereocenters. The summed E-state index contributed by atoms with van der Waals surface area (Å²) in [5.41, 5.74) is 3.03. The number of H-pyrrole nitrogens is 1. The standard InChI is InChI=1S/C21H24N4O3/c1-28-19-5-4-14(11-18(19)26)12-24-21(27)25-9-6-15(7-10-25)17-13-23-20-16(17)3-2-8-22-20/h2-5,8,11,13,15,26H,6-7,9-10,12H2,1H3,(H,22,23)(H,24,27). The molecule has 4 rings (SSSR count). The maximum Gasteiger partial charge on any atom is 0.317 e. The number of pyridine rings is 1. The van der Waals surface area contributed by atoms with E-state index in [-0.39, 0.29) is 11.8 Å². The second-order valence-corrected chi connectivity index (χ2v) is 7.07. The number of nitrogens with one attached hydrogen (secondary N) is 2. The summed E-state index contributed by atoms with van der Waals surface area (Å²) in [4.78, 5) is 21.9. The van der Waals surface area contributed by atoms with Gasteiger partial charge in [0.15, 0.2) is 11.5 Å². The smallest absolute Gasteiger partial charge is 0.317 e. The van der Waals surface area contributed by atoms with Crippen molar-refractivity contribution >= 4 is 17.1 Å². The number of fused-ring (bicyclic) bond motifs is 1. The van der Waals surface area contributed by atoms with Crippen molar-refractivity contribution < 1.29 is 14.6 Å². The summed E-state index contributed by atoms with van der Waals surface area (Å²) in [6.07, 6.45) is 5.70. The van der Waals surface area contributed by atoms with Gasteiger partial charge in [-0.25, -0.2) is 9.78 Å². The van der Waals surface area contributed by atoms with E-state index >= 15 is 0 Å². The van der Waals surface area contributed by atoms with E-state index in [1.165, 1.54) is 18.1 Å². The van der Waals surface area contributed by atoms with Gasteiger partial charge in [-0.3, -0.25) is 0 Å². The molecular formula is C21H24N4O3. The van der Waals surface area contributed by atoms with E-state index in [0.717, 1.165) is 37.1 Å². The predicted molar refractivity (Wildman–Crippen MR) is 107 cm³/mol. The highest BCUT2D eigenvalue weighted by Gasteiger charge is 2.25. The van der Waals surface area contributed by atoms with Crippen LogP contribution in [0.4, 0.5) is 4.79 Å². The third kappa shape index (κ3) is 3.60. The first kappa shape index (κ1) is 18.2. The van der Waals surface area contributed by atoms with Gasteiger partial charge in [0, 0.05) is 37.4 Å². The number of phenolic OH excluding ortho intramolecular Hbond substituents is 1. The first-order chi connectivity index (χ1) is 13.7. The monoisotopic (exact) mass is 380 g/mol. The number of urea groups is 1. The molecule has 0 atom stereocenters. The summed E-state index contributed by atoms with van der Waals surface area (Å²) in [5.74, 6) is 0.924. The minimum absolute atomic E-state index is 0.0725. The molecule has 1 aliphatic rings. The van der Waals surface area contributed by atoms with Crippen LogP contribution in [0.2, 0.25) is 0 Å². The van der Waals surface area contributed by atoms with Gasteiger partial charge in [-0.2, -0.15) is 0 Å². The molecule has 1 fully saturated rings. The SMILES string of the molecule is COc1ccc(CNC(=O)N2CCC(c3c[nH]c4ncccc34)CC2)cc1O. The third-order valence-electron chi connectivity index (χ3n) is 5.39. The normalized spacial score (nSPS) is 15.0. The fraction of sp³-hybridized carbons (Fsp3) is 0.333. The van der Waals surface area contributed by atoms with Gasteiger partial charge in [0.1, 0.15) is 5.65 Å². The van der Waals surface area contributed by atoms with Crippen molar-refractivity contribution in [2.45, 2.75) is 25.3 Å². The number of hydrogen-bond acceptors (Lipinski definition) is 4. The van der Waals surface area contributed by atoms with Gasteiger partial charge in [-0.1, -0.05) is 6.07 Å². The first-order valence-electron chi connectivity index (χ1n) is 9.46. The van der Waals surface area contributed by atoms with E-state index in [1.54, 1.807) is 18.3 Å². The molecule has 0 aliphatic carbocycles. The lowest BCUT2D eigenvalue weighted by Gasteiger charge is -2.32. The van der Waals surface area contributed by atoms with Crippen LogP contribution in [0.5, 0.6) is 11.5 Å². The molecule has 3 heterocycles. The van der Waals surface area contributed by atoms with Gasteiger partial charge < -0.3 is 25.0 Å². The van der Waals surface area contributed by atoms with E-state index < -0.39 is 0 Å². The number of rotatable bonds is 4. The molecule has 0 bridgehead atoms. The molecule has 7 nitrogen and oxygen atoms in total. The fourth-order valence-electron chi connectivity index (χ4n) is 3.84. The van der Waals surface area contributed by atoms with Gasteiger partial charge in [-0.15, -0.1) is 0 Å².